The molecule has 5 heteroatoms. The molecule has 0 aliphatic heterocycles. The topological polar surface area (TPSA) is 77.2 Å². The third kappa shape index (κ3) is 3.06. The van der Waals surface area contributed by atoms with Gasteiger partial charge >= 0.3 is 0 Å². The molecule has 0 heterocycles. The number of hydrogen-bond donors (Lipinski definition) is 1. The lowest BCUT2D eigenvalue weighted by Crippen LogP contribution is -2.05. The van der Waals surface area contributed by atoms with Crippen LogP contribution >= 0.6 is 0 Å². The Bertz CT molecular complexity index is 491. The van der Waals surface area contributed by atoms with Crippen molar-refractivity contribution in [2.24, 2.45) is 0 Å². The summed E-state index contributed by atoms with van der Waals surface area (Å²) < 4.78 is 22.7. The van der Waals surface area contributed by atoms with E-state index in [1.54, 1.807) is 6.07 Å². The third-order valence-corrected chi connectivity index (χ3v) is 3.08. The van der Waals surface area contributed by atoms with Crippen LogP contribution < -0.4 is 5.73 Å². The van der Waals surface area contributed by atoms with Gasteiger partial charge in [0.15, 0.2) is 9.84 Å². The molecule has 4 nitrogen and oxygen atoms in total. The summed E-state index contributed by atoms with van der Waals surface area (Å²) >= 11 is 0. The molecule has 0 atom stereocenters. The van der Waals surface area contributed by atoms with Crippen LogP contribution in [0.1, 0.15) is 12.5 Å². The van der Waals surface area contributed by atoms with Crippen LogP contribution in [0.5, 0.6) is 0 Å². The van der Waals surface area contributed by atoms with Crippen molar-refractivity contribution in [3.8, 4) is 0 Å². The lowest BCUT2D eigenvalue weighted by molar-refractivity contribution is -0.116. The summed E-state index contributed by atoms with van der Waals surface area (Å²) in [4.78, 5) is 11.0. The fourth-order valence-electron chi connectivity index (χ4n) is 1.30. The van der Waals surface area contributed by atoms with Gasteiger partial charge in [0.25, 0.3) is 0 Å². The van der Waals surface area contributed by atoms with E-state index in [2.05, 4.69) is 0 Å². The van der Waals surface area contributed by atoms with E-state index in [0.29, 0.717) is 5.56 Å². The summed E-state index contributed by atoms with van der Waals surface area (Å²) in [6.45, 7) is 1.45. The van der Waals surface area contributed by atoms with E-state index in [1.165, 1.54) is 19.1 Å². The lowest BCUT2D eigenvalue weighted by atomic mass is 10.1. The highest BCUT2D eigenvalue weighted by Crippen LogP contribution is 2.20. The molecule has 0 aliphatic rings. The van der Waals surface area contributed by atoms with Crippen LogP contribution in [0.2, 0.25) is 0 Å². The summed E-state index contributed by atoms with van der Waals surface area (Å²) in [6, 6.07) is 4.62. The first-order valence-electron chi connectivity index (χ1n) is 4.38. The van der Waals surface area contributed by atoms with Gasteiger partial charge in [-0.3, -0.25) is 4.79 Å². The summed E-state index contributed by atoms with van der Waals surface area (Å²) in [5, 5.41) is 0. The van der Waals surface area contributed by atoms with Crippen molar-refractivity contribution in [1.29, 1.82) is 0 Å². The predicted molar refractivity (Wildman–Crippen MR) is 58.3 cm³/mol. The summed E-state index contributed by atoms with van der Waals surface area (Å²) in [6.07, 6.45) is 1.32. The van der Waals surface area contributed by atoms with Crippen LogP contribution in [0.3, 0.4) is 0 Å². The monoisotopic (exact) mass is 227 g/mol. The number of rotatable bonds is 3. The Hall–Kier alpha value is -1.36. The number of carbonyl (C=O) groups excluding carboxylic acids is 1. The maximum absolute atomic E-state index is 11.3. The minimum absolute atomic E-state index is 0.0146. The quantitative estimate of drug-likeness (QED) is 0.775. The molecule has 0 aliphatic carbocycles. The number of carbonyl (C=O) groups is 1. The Morgan fingerprint density at radius 2 is 2.00 bits per heavy atom. The van der Waals surface area contributed by atoms with Gasteiger partial charge in [-0.15, -0.1) is 0 Å². The van der Waals surface area contributed by atoms with E-state index in [-0.39, 0.29) is 22.8 Å². The standard InChI is InChI=1S/C10H13NO3S/c1-7(12)5-8-3-4-9(11)10(6-8)15(2,13)14/h3-4,6H,5,11H2,1-2H3. The van der Waals surface area contributed by atoms with E-state index in [4.69, 9.17) is 5.73 Å². The maximum Gasteiger partial charge on any atom is 0.177 e. The second-order valence-corrected chi connectivity index (χ2v) is 5.51. The zero-order valence-corrected chi connectivity index (χ0v) is 9.47. The van der Waals surface area contributed by atoms with Gasteiger partial charge < -0.3 is 5.73 Å². The van der Waals surface area contributed by atoms with Crippen molar-refractivity contribution in [2.75, 3.05) is 12.0 Å². The van der Waals surface area contributed by atoms with Gasteiger partial charge in [-0.1, -0.05) is 6.07 Å². The number of hydrogen-bond acceptors (Lipinski definition) is 4. The van der Waals surface area contributed by atoms with Gasteiger partial charge in [-0.05, 0) is 24.6 Å². The molecule has 1 aromatic carbocycles. The van der Waals surface area contributed by atoms with Gasteiger partial charge in [-0.2, -0.15) is 0 Å². The van der Waals surface area contributed by atoms with E-state index in [9.17, 15) is 13.2 Å². The molecule has 0 saturated carbocycles. The fraction of sp³-hybridized carbons (Fsp3) is 0.300. The molecule has 0 radical (unpaired) electrons. The Morgan fingerprint density at radius 3 is 2.47 bits per heavy atom. The Balaban J connectivity index is 3.23. The van der Waals surface area contributed by atoms with E-state index < -0.39 is 9.84 Å². The largest absolute Gasteiger partial charge is 0.398 e. The van der Waals surface area contributed by atoms with Crippen LogP contribution in [0.25, 0.3) is 0 Å². The normalized spacial score (nSPS) is 11.3. The second kappa shape index (κ2) is 4.02. The zero-order valence-electron chi connectivity index (χ0n) is 8.65. The highest BCUT2D eigenvalue weighted by Gasteiger charge is 2.12. The number of benzene rings is 1. The van der Waals surface area contributed by atoms with Gasteiger partial charge in [0, 0.05) is 12.7 Å². The number of sulfone groups is 1. The molecule has 0 bridgehead atoms. The Kier molecular flexibility index (Phi) is 3.14. The molecule has 0 saturated heterocycles. The van der Waals surface area contributed by atoms with Crippen LogP contribution in [-0.4, -0.2) is 20.5 Å². The molecule has 82 valence electrons. The van der Waals surface area contributed by atoms with Gasteiger partial charge in [0.2, 0.25) is 0 Å². The molecule has 0 spiro atoms. The van der Waals surface area contributed by atoms with Crippen molar-refractivity contribution < 1.29 is 13.2 Å². The Labute approximate surface area is 89.0 Å². The predicted octanol–water partition coefficient (Wildman–Crippen LogP) is 0.804. The number of anilines is 1. The minimum atomic E-state index is -3.33. The number of nitrogen functional groups attached to an aromatic ring is 1. The van der Waals surface area contributed by atoms with Crippen molar-refractivity contribution in [3.63, 3.8) is 0 Å². The lowest BCUT2D eigenvalue weighted by Gasteiger charge is -2.05. The molecule has 0 aromatic heterocycles. The fourth-order valence-corrected chi connectivity index (χ4v) is 2.16. The van der Waals surface area contributed by atoms with Crippen LogP contribution in [-0.2, 0) is 21.1 Å². The van der Waals surface area contributed by atoms with Crippen molar-refractivity contribution in [3.05, 3.63) is 23.8 Å². The summed E-state index contributed by atoms with van der Waals surface area (Å²) in [5.74, 6) is -0.0146. The third-order valence-electron chi connectivity index (χ3n) is 1.93. The Morgan fingerprint density at radius 1 is 1.40 bits per heavy atom. The van der Waals surface area contributed by atoms with Crippen LogP contribution in [0.15, 0.2) is 23.1 Å². The SMILES string of the molecule is CC(=O)Cc1ccc(N)c(S(C)(=O)=O)c1. The highest BCUT2D eigenvalue weighted by molar-refractivity contribution is 7.90. The van der Waals surface area contributed by atoms with Crippen LogP contribution in [0, 0.1) is 0 Å². The minimum Gasteiger partial charge on any atom is -0.398 e. The smallest absolute Gasteiger partial charge is 0.177 e. The van der Waals surface area contributed by atoms with Crippen LogP contribution in [0.4, 0.5) is 5.69 Å². The van der Waals surface area contributed by atoms with Crippen molar-refractivity contribution in [2.45, 2.75) is 18.2 Å². The molecular weight excluding hydrogens is 214 g/mol. The average Bonchev–Trinajstić information content (AvgIpc) is 2.05. The first-order chi connectivity index (χ1) is 6.80. The number of ketones is 1. The summed E-state index contributed by atoms with van der Waals surface area (Å²) in [7, 11) is -3.33. The molecular formula is C10H13NO3S. The maximum atomic E-state index is 11.3. The van der Waals surface area contributed by atoms with Gasteiger partial charge in [0.1, 0.15) is 5.78 Å². The molecule has 0 unspecified atom stereocenters. The second-order valence-electron chi connectivity index (χ2n) is 3.52. The van der Waals surface area contributed by atoms with E-state index >= 15 is 0 Å². The van der Waals surface area contributed by atoms with E-state index in [0.717, 1.165) is 6.26 Å². The zero-order chi connectivity index (χ0) is 11.6. The van der Waals surface area contributed by atoms with Gasteiger partial charge in [0.05, 0.1) is 10.6 Å². The molecule has 0 fully saturated rings. The average molecular weight is 227 g/mol. The van der Waals surface area contributed by atoms with Crippen molar-refractivity contribution in [1.82, 2.24) is 0 Å². The van der Waals surface area contributed by atoms with Gasteiger partial charge in [-0.25, -0.2) is 8.42 Å². The number of Topliss-reactive ketones (excluding diaryl/α,β-unsaturated/α-hetero) is 1. The molecule has 2 N–H and O–H groups in total. The molecule has 1 rings (SSSR count). The first-order valence-corrected chi connectivity index (χ1v) is 6.28. The summed E-state index contributed by atoms with van der Waals surface area (Å²) in [5.41, 5.74) is 6.42. The first kappa shape index (κ1) is 11.7. The molecule has 1 aromatic rings. The molecule has 15 heavy (non-hydrogen) atoms. The molecule has 0 amide bonds. The van der Waals surface area contributed by atoms with Crippen molar-refractivity contribution >= 4 is 21.3 Å². The number of nitrogens with two attached hydrogens (primary N) is 1. The highest BCUT2D eigenvalue weighted by atomic mass is 32.2. The van der Waals surface area contributed by atoms with E-state index in [1.807, 2.05) is 0 Å².